The lowest BCUT2D eigenvalue weighted by molar-refractivity contribution is -0.139. The smallest absolute Gasteiger partial charge is 0.318 e. The second-order valence-corrected chi connectivity index (χ2v) is 8.22. The molecule has 2 N–H and O–H groups in total. The lowest BCUT2D eigenvalue weighted by Gasteiger charge is -2.25. The van der Waals surface area contributed by atoms with Gasteiger partial charge >= 0.3 is 6.03 Å². The van der Waals surface area contributed by atoms with Crippen LogP contribution in [0.4, 0.5) is 4.79 Å². The Balaban J connectivity index is 1.43. The summed E-state index contributed by atoms with van der Waals surface area (Å²) in [6, 6.07) is 12.7. The molecular weight excluding hydrogens is 376 g/mol. The number of carbonyl (C=O) groups excluding carboxylic acids is 3. The van der Waals surface area contributed by atoms with Gasteiger partial charge in [0.05, 0.1) is 6.54 Å². The first-order valence-corrected chi connectivity index (χ1v) is 10.2. The van der Waals surface area contributed by atoms with Gasteiger partial charge in [0.1, 0.15) is 5.54 Å². The van der Waals surface area contributed by atoms with E-state index in [1.807, 2.05) is 17.5 Å². The van der Waals surface area contributed by atoms with E-state index in [9.17, 15) is 14.4 Å². The van der Waals surface area contributed by atoms with Gasteiger partial charge in [0.2, 0.25) is 0 Å². The number of benzene rings is 1. The molecule has 0 aliphatic carbocycles. The number of nitrogens with one attached hydrogen (secondary N) is 2. The molecule has 2 aliphatic heterocycles. The summed E-state index contributed by atoms with van der Waals surface area (Å²) in [6.07, 6.45) is 2.02. The first kappa shape index (κ1) is 18.6. The molecule has 1 aromatic heterocycles. The molecule has 4 rings (SSSR count). The van der Waals surface area contributed by atoms with Crippen molar-refractivity contribution in [2.45, 2.75) is 31.3 Å². The van der Waals surface area contributed by atoms with Gasteiger partial charge in [0, 0.05) is 10.9 Å². The highest BCUT2D eigenvalue weighted by Crippen LogP contribution is 2.34. The van der Waals surface area contributed by atoms with Crippen molar-refractivity contribution < 1.29 is 14.4 Å². The summed E-state index contributed by atoms with van der Waals surface area (Å²) in [7, 11) is 0. The maximum Gasteiger partial charge on any atom is 0.344 e. The van der Waals surface area contributed by atoms with Crippen molar-refractivity contribution in [2.75, 3.05) is 13.1 Å². The first-order valence-electron chi connectivity index (χ1n) is 9.28. The molecule has 4 amide bonds. The zero-order valence-corrected chi connectivity index (χ0v) is 16.4. The Morgan fingerprint density at radius 3 is 2.75 bits per heavy atom. The fraction of sp³-hybridized carbons (Fsp3) is 0.350. The van der Waals surface area contributed by atoms with Crippen LogP contribution < -0.4 is 10.7 Å². The number of thiophene rings is 1. The Hall–Kier alpha value is -2.71. The third kappa shape index (κ3) is 3.29. The van der Waals surface area contributed by atoms with Gasteiger partial charge in [0.15, 0.2) is 0 Å². The maximum atomic E-state index is 12.9. The molecule has 0 bridgehead atoms. The van der Waals surface area contributed by atoms with Crippen molar-refractivity contribution in [3.05, 3.63) is 58.3 Å². The van der Waals surface area contributed by atoms with Gasteiger partial charge in [-0.3, -0.25) is 19.9 Å². The second kappa shape index (κ2) is 7.37. The van der Waals surface area contributed by atoms with Crippen LogP contribution in [0.15, 0.2) is 47.8 Å². The minimum atomic E-state index is -1.20. The van der Waals surface area contributed by atoms with Crippen LogP contribution in [-0.2, 0) is 15.1 Å². The van der Waals surface area contributed by atoms with E-state index in [1.54, 1.807) is 42.5 Å². The minimum Gasteiger partial charge on any atom is -0.318 e. The van der Waals surface area contributed by atoms with Crippen molar-refractivity contribution >= 4 is 29.2 Å². The van der Waals surface area contributed by atoms with Crippen LogP contribution in [0.1, 0.15) is 36.2 Å². The molecule has 0 spiro atoms. The highest BCUT2D eigenvalue weighted by Gasteiger charge is 2.50. The van der Waals surface area contributed by atoms with Gasteiger partial charge in [-0.05, 0) is 43.3 Å². The molecule has 0 saturated carbocycles. The Kier molecular flexibility index (Phi) is 4.91. The zero-order chi connectivity index (χ0) is 19.7. The molecule has 146 valence electrons. The second-order valence-electron chi connectivity index (χ2n) is 7.24. The molecule has 2 saturated heterocycles. The summed E-state index contributed by atoms with van der Waals surface area (Å²) in [6.45, 7) is 2.60. The molecule has 3 heterocycles. The standard InChI is InChI=1S/C20H22N4O3S/c1-20(14-7-3-2-4-8-14)18(26)24(19(27)21-20)22-17(25)13-23-11-5-9-15(23)16-10-6-12-28-16/h2-4,6-8,10,12,15H,5,9,11,13H2,1H3,(H,21,27)(H,22,25)/t15-,20-/m1/s1. The minimum absolute atomic E-state index is 0.141. The Morgan fingerprint density at radius 2 is 2.04 bits per heavy atom. The van der Waals surface area contributed by atoms with E-state index in [0.717, 1.165) is 24.4 Å². The number of imide groups is 1. The molecule has 1 aromatic carbocycles. The normalized spacial score (nSPS) is 25.2. The first-order chi connectivity index (χ1) is 13.5. The number of carbonyl (C=O) groups is 3. The lowest BCUT2D eigenvalue weighted by Crippen LogP contribution is -2.50. The molecule has 0 unspecified atom stereocenters. The number of urea groups is 1. The van der Waals surface area contributed by atoms with Crippen LogP contribution in [0.3, 0.4) is 0 Å². The fourth-order valence-corrected chi connectivity index (χ4v) is 4.77. The van der Waals surface area contributed by atoms with Crippen molar-refractivity contribution in [1.82, 2.24) is 20.7 Å². The Bertz CT molecular complexity index is 886. The van der Waals surface area contributed by atoms with E-state index in [-0.39, 0.29) is 18.5 Å². The molecule has 2 atom stereocenters. The van der Waals surface area contributed by atoms with Crippen molar-refractivity contribution in [1.29, 1.82) is 0 Å². The predicted molar refractivity (Wildman–Crippen MR) is 105 cm³/mol. The van der Waals surface area contributed by atoms with E-state index in [0.29, 0.717) is 5.56 Å². The van der Waals surface area contributed by atoms with Crippen LogP contribution in [0.2, 0.25) is 0 Å². The number of hydrogen-bond acceptors (Lipinski definition) is 5. The molecule has 28 heavy (non-hydrogen) atoms. The highest BCUT2D eigenvalue weighted by molar-refractivity contribution is 7.10. The summed E-state index contributed by atoms with van der Waals surface area (Å²) >= 11 is 1.68. The Morgan fingerprint density at radius 1 is 1.25 bits per heavy atom. The number of rotatable bonds is 5. The topological polar surface area (TPSA) is 81.8 Å². The van der Waals surface area contributed by atoms with Crippen molar-refractivity contribution in [2.24, 2.45) is 0 Å². The predicted octanol–water partition coefficient (Wildman–Crippen LogP) is 2.38. The molecular formula is C20H22N4O3S. The number of nitrogens with zero attached hydrogens (tertiary/aromatic N) is 2. The van der Waals surface area contributed by atoms with E-state index in [4.69, 9.17) is 0 Å². The van der Waals surface area contributed by atoms with Gasteiger partial charge in [-0.2, -0.15) is 5.01 Å². The van der Waals surface area contributed by atoms with Crippen LogP contribution >= 0.6 is 11.3 Å². The fourth-order valence-electron chi connectivity index (χ4n) is 3.87. The number of likely N-dealkylation sites (tertiary alicyclic amines) is 1. The van der Waals surface area contributed by atoms with E-state index in [2.05, 4.69) is 21.7 Å². The van der Waals surface area contributed by atoms with Crippen molar-refractivity contribution in [3.63, 3.8) is 0 Å². The lowest BCUT2D eigenvalue weighted by atomic mass is 9.92. The quantitative estimate of drug-likeness (QED) is 0.758. The van der Waals surface area contributed by atoms with E-state index < -0.39 is 17.5 Å². The molecule has 2 aliphatic rings. The summed E-state index contributed by atoms with van der Waals surface area (Å²) in [5.74, 6) is -0.863. The third-order valence-electron chi connectivity index (χ3n) is 5.36. The number of amides is 4. The van der Waals surface area contributed by atoms with Crippen LogP contribution in [0.25, 0.3) is 0 Å². The molecule has 8 heteroatoms. The molecule has 2 fully saturated rings. The maximum absolute atomic E-state index is 12.9. The van der Waals surface area contributed by atoms with E-state index in [1.165, 1.54) is 4.88 Å². The summed E-state index contributed by atoms with van der Waals surface area (Å²) in [5, 5.41) is 5.52. The highest BCUT2D eigenvalue weighted by atomic mass is 32.1. The van der Waals surface area contributed by atoms with Crippen LogP contribution in [0.5, 0.6) is 0 Å². The average Bonchev–Trinajstić information content (AvgIpc) is 3.41. The molecule has 0 radical (unpaired) electrons. The van der Waals surface area contributed by atoms with Gasteiger partial charge in [-0.1, -0.05) is 36.4 Å². The van der Waals surface area contributed by atoms with Crippen LogP contribution in [-0.4, -0.2) is 40.8 Å². The summed E-state index contributed by atoms with van der Waals surface area (Å²) in [5.41, 5.74) is 1.96. The van der Waals surface area contributed by atoms with Crippen LogP contribution in [0, 0.1) is 0 Å². The van der Waals surface area contributed by atoms with Gasteiger partial charge < -0.3 is 5.32 Å². The zero-order valence-electron chi connectivity index (χ0n) is 15.6. The Labute approximate surface area is 167 Å². The molecule has 2 aromatic rings. The average molecular weight is 398 g/mol. The number of hydrogen-bond donors (Lipinski definition) is 2. The van der Waals surface area contributed by atoms with Gasteiger partial charge in [0.25, 0.3) is 11.8 Å². The monoisotopic (exact) mass is 398 g/mol. The molecule has 7 nitrogen and oxygen atoms in total. The van der Waals surface area contributed by atoms with E-state index >= 15 is 0 Å². The number of hydrazine groups is 1. The SMILES string of the molecule is C[C@]1(c2ccccc2)NC(=O)N(NC(=O)CN2CCC[C@@H]2c2cccs2)C1=O. The largest absolute Gasteiger partial charge is 0.344 e. The van der Waals surface area contributed by atoms with Gasteiger partial charge in [-0.15, -0.1) is 11.3 Å². The third-order valence-corrected chi connectivity index (χ3v) is 6.33. The summed E-state index contributed by atoms with van der Waals surface area (Å²) in [4.78, 5) is 41.2. The summed E-state index contributed by atoms with van der Waals surface area (Å²) < 4.78 is 0. The van der Waals surface area contributed by atoms with Crippen molar-refractivity contribution in [3.8, 4) is 0 Å². The van der Waals surface area contributed by atoms with Gasteiger partial charge in [-0.25, -0.2) is 4.79 Å².